The molecule has 0 unspecified atom stereocenters. The van der Waals surface area contributed by atoms with Crippen LogP contribution in [0.1, 0.15) is 5.56 Å². The zero-order valence-corrected chi connectivity index (χ0v) is 16.1. The van der Waals surface area contributed by atoms with Gasteiger partial charge in [0.25, 0.3) is 5.56 Å². The van der Waals surface area contributed by atoms with E-state index < -0.39 is 11.2 Å². The normalized spacial score (nSPS) is 11.5. The Bertz CT molecular complexity index is 1480. The molecule has 29 heavy (non-hydrogen) atoms. The van der Waals surface area contributed by atoms with E-state index >= 15 is 0 Å². The zero-order chi connectivity index (χ0) is 20.1. The number of hydrogen-bond acceptors (Lipinski definition) is 4. The molecule has 0 saturated carbocycles. The number of aromatic nitrogens is 6. The molecule has 5 rings (SSSR count). The van der Waals surface area contributed by atoms with Crippen molar-refractivity contribution >= 4 is 28.5 Å². The van der Waals surface area contributed by atoms with Gasteiger partial charge in [-0.05, 0) is 17.7 Å². The highest BCUT2D eigenvalue weighted by Crippen LogP contribution is 2.25. The minimum Gasteiger partial charge on any atom is -0.298 e. The standard InChI is InChI=1S/C20H15ClN6O2/c1-25-18-15(17(28)22-20(25)29)26(11-12-7-9-14(21)10-8-12)19-24-23-16(27(18)19)13-5-3-2-4-6-13/h2-10H,11H2,1H3,(H,22,28,29). The van der Waals surface area contributed by atoms with Crippen molar-refractivity contribution < 1.29 is 0 Å². The van der Waals surface area contributed by atoms with Crippen molar-refractivity contribution in [2.24, 2.45) is 7.05 Å². The van der Waals surface area contributed by atoms with Crippen LogP contribution in [0.4, 0.5) is 0 Å². The fourth-order valence-electron chi connectivity index (χ4n) is 3.54. The van der Waals surface area contributed by atoms with Gasteiger partial charge in [0, 0.05) is 17.6 Å². The molecule has 1 N–H and O–H groups in total. The van der Waals surface area contributed by atoms with E-state index in [1.54, 1.807) is 28.1 Å². The summed E-state index contributed by atoms with van der Waals surface area (Å²) >= 11 is 5.99. The molecule has 0 aliphatic carbocycles. The molecule has 3 heterocycles. The van der Waals surface area contributed by atoms with Crippen LogP contribution < -0.4 is 11.2 Å². The first-order valence-electron chi connectivity index (χ1n) is 8.91. The van der Waals surface area contributed by atoms with E-state index in [-0.39, 0.29) is 0 Å². The van der Waals surface area contributed by atoms with E-state index in [2.05, 4.69) is 15.2 Å². The summed E-state index contributed by atoms with van der Waals surface area (Å²) in [4.78, 5) is 27.4. The van der Waals surface area contributed by atoms with Gasteiger partial charge in [0.05, 0.1) is 6.54 Å². The number of nitrogens with zero attached hydrogens (tertiary/aromatic N) is 5. The number of rotatable bonds is 3. The number of aryl methyl sites for hydroxylation is 1. The summed E-state index contributed by atoms with van der Waals surface area (Å²) in [6.07, 6.45) is 0. The summed E-state index contributed by atoms with van der Waals surface area (Å²) in [7, 11) is 1.61. The second kappa shape index (κ2) is 6.46. The van der Waals surface area contributed by atoms with E-state index in [1.807, 2.05) is 42.5 Å². The monoisotopic (exact) mass is 406 g/mol. The van der Waals surface area contributed by atoms with Gasteiger partial charge in [-0.3, -0.25) is 18.9 Å². The van der Waals surface area contributed by atoms with Gasteiger partial charge < -0.3 is 0 Å². The maximum absolute atomic E-state index is 12.8. The minimum atomic E-state index is -0.499. The molecule has 0 amide bonds. The van der Waals surface area contributed by atoms with Crippen molar-refractivity contribution in [2.45, 2.75) is 6.54 Å². The molecule has 0 fully saturated rings. The third kappa shape index (κ3) is 2.68. The van der Waals surface area contributed by atoms with Gasteiger partial charge >= 0.3 is 5.69 Å². The lowest BCUT2D eigenvalue weighted by molar-refractivity contribution is 0.809. The first-order valence-corrected chi connectivity index (χ1v) is 9.29. The molecule has 0 aliphatic heterocycles. The number of benzene rings is 2. The molecule has 3 aromatic heterocycles. The van der Waals surface area contributed by atoms with Crippen LogP contribution in [0.15, 0.2) is 64.2 Å². The SMILES string of the molecule is Cn1c(=O)[nH]c(=O)c2c1n1c(-c3ccccc3)nnc1n2Cc1ccc(Cl)cc1. The number of imidazole rings is 1. The molecule has 144 valence electrons. The van der Waals surface area contributed by atoms with Crippen LogP contribution in [0.2, 0.25) is 5.02 Å². The van der Waals surface area contributed by atoms with E-state index in [9.17, 15) is 9.59 Å². The van der Waals surface area contributed by atoms with Crippen molar-refractivity contribution in [3.63, 3.8) is 0 Å². The minimum absolute atomic E-state index is 0.351. The van der Waals surface area contributed by atoms with E-state index in [4.69, 9.17) is 11.6 Å². The predicted molar refractivity (Wildman–Crippen MR) is 110 cm³/mol. The Balaban J connectivity index is 1.88. The van der Waals surface area contributed by atoms with Gasteiger partial charge in [0.2, 0.25) is 5.78 Å². The third-order valence-electron chi connectivity index (χ3n) is 4.92. The zero-order valence-electron chi connectivity index (χ0n) is 15.3. The molecular formula is C20H15ClN6O2. The Morgan fingerprint density at radius 1 is 1.00 bits per heavy atom. The van der Waals surface area contributed by atoms with Gasteiger partial charge in [-0.25, -0.2) is 9.20 Å². The number of aromatic amines is 1. The average Bonchev–Trinajstić information content (AvgIpc) is 3.28. The highest BCUT2D eigenvalue weighted by atomic mass is 35.5. The summed E-state index contributed by atoms with van der Waals surface area (Å²) in [5.74, 6) is 1.03. The number of H-pyrrole nitrogens is 1. The number of nitrogens with one attached hydrogen (secondary N) is 1. The molecule has 0 aliphatic rings. The number of hydrogen-bond donors (Lipinski definition) is 1. The molecule has 0 atom stereocenters. The van der Waals surface area contributed by atoms with Gasteiger partial charge in [0.1, 0.15) is 0 Å². The van der Waals surface area contributed by atoms with Gasteiger partial charge in [-0.15, -0.1) is 10.2 Å². The molecular weight excluding hydrogens is 392 g/mol. The number of fused-ring (bicyclic) bond motifs is 3. The Hall–Kier alpha value is -3.65. The van der Waals surface area contributed by atoms with Crippen LogP contribution in [-0.4, -0.2) is 28.7 Å². The van der Waals surface area contributed by atoms with Crippen LogP contribution in [0.25, 0.3) is 28.3 Å². The topological polar surface area (TPSA) is 90.0 Å². The fraction of sp³-hybridized carbons (Fsp3) is 0.100. The van der Waals surface area contributed by atoms with Crippen molar-refractivity contribution in [1.82, 2.24) is 28.7 Å². The van der Waals surface area contributed by atoms with E-state index in [1.165, 1.54) is 4.57 Å². The molecule has 5 aromatic rings. The van der Waals surface area contributed by atoms with Gasteiger partial charge in [-0.1, -0.05) is 54.1 Å². The molecule has 2 aromatic carbocycles. The van der Waals surface area contributed by atoms with Crippen LogP contribution in [0.5, 0.6) is 0 Å². The van der Waals surface area contributed by atoms with Crippen molar-refractivity contribution in [3.8, 4) is 11.4 Å². The average molecular weight is 407 g/mol. The highest BCUT2D eigenvalue weighted by Gasteiger charge is 2.22. The van der Waals surface area contributed by atoms with Crippen LogP contribution >= 0.6 is 11.6 Å². The van der Waals surface area contributed by atoms with Gasteiger partial charge in [-0.2, -0.15) is 0 Å². The highest BCUT2D eigenvalue weighted by molar-refractivity contribution is 6.30. The summed E-state index contributed by atoms with van der Waals surface area (Å²) in [6, 6.07) is 16.9. The third-order valence-corrected chi connectivity index (χ3v) is 5.18. The smallest absolute Gasteiger partial charge is 0.298 e. The van der Waals surface area contributed by atoms with Crippen LogP contribution in [0, 0.1) is 0 Å². The molecule has 9 heteroatoms. The Labute approximate surface area is 168 Å². The first-order chi connectivity index (χ1) is 14.0. The Morgan fingerprint density at radius 3 is 2.45 bits per heavy atom. The van der Waals surface area contributed by atoms with Crippen molar-refractivity contribution in [3.05, 3.63) is 86.0 Å². The number of halogens is 1. The second-order valence-corrected chi connectivity index (χ2v) is 7.16. The molecule has 0 bridgehead atoms. The first kappa shape index (κ1) is 17.4. The van der Waals surface area contributed by atoms with Crippen LogP contribution in [0.3, 0.4) is 0 Å². The van der Waals surface area contributed by atoms with E-state index in [0.717, 1.165) is 11.1 Å². The predicted octanol–water partition coefficient (Wildman–Crippen LogP) is 2.44. The molecule has 0 saturated heterocycles. The lowest BCUT2D eigenvalue weighted by Crippen LogP contribution is -2.29. The van der Waals surface area contributed by atoms with Crippen molar-refractivity contribution in [1.29, 1.82) is 0 Å². The Kier molecular flexibility index (Phi) is 3.88. The molecule has 0 radical (unpaired) electrons. The van der Waals surface area contributed by atoms with Crippen molar-refractivity contribution in [2.75, 3.05) is 0 Å². The van der Waals surface area contributed by atoms with Gasteiger partial charge in [0.15, 0.2) is 17.0 Å². The largest absolute Gasteiger partial charge is 0.329 e. The second-order valence-electron chi connectivity index (χ2n) is 6.73. The lowest BCUT2D eigenvalue weighted by Gasteiger charge is -2.05. The quantitative estimate of drug-likeness (QED) is 0.498. The lowest BCUT2D eigenvalue weighted by atomic mass is 10.2. The van der Waals surface area contributed by atoms with Crippen LogP contribution in [-0.2, 0) is 13.6 Å². The maximum atomic E-state index is 12.8. The summed E-state index contributed by atoms with van der Waals surface area (Å²) in [5.41, 5.74) is 1.59. The maximum Gasteiger partial charge on any atom is 0.329 e. The fourth-order valence-corrected chi connectivity index (χ4v) is 3.66. The Morgan fingerprint density at radius 2 is 1.72 bits per heavy atom. The summed E-state index contributed by atoms with van der Waals surface area (Å²) in [5, 5.41) is 9.31. The van der Waals surface area contributed by atoms with E-state index in [0.29, 0.717) is 34.3 Å². The molecule has 0 spiro atoms. The summed E-state index contributed by atoms with van der Waals surface area (Å²) < 4.78 is 4.91. The summed E-state index contributed by atoms with van der Waals surface area (Å²) in [6.45, 7) is 0.373. The molecule has 8 nitrogen and oxygen atoms in total.